The van der Waals surface area contributed by atoms with Crippen LogP contribution in [0.15, 0.2) is 42.5 Å². The maximum absolute atomic E-state index is 12.4. The molecule has 0 aromatic heterocycles. The molecule has 23 heavy (non-hydrogen) atoms. The van der Waals surface area contributed by atoms with Crippen LogP contribution < -0.4 is 10.1 Å². The van der Waals surface area contributed by atoms with Crippen molar-refractivity contribution in [3.8, 4) is 11.5 Å². The highest BCUT2D eigenvalue weighted by atomic mass is 35.5. The van der Waals surface area contributed by atoms with Crippen LogP contribution in [0.1, 0.15) is 29.8 Å². The van der Waals surface area contributed by atoms with Gasteiger partial charge >= 0.3 is 0 Å². The number of amides is 1. The number of rotatable bonds is 5. The van der Waals surface area contributed by atoms with Gasteiger partial charge in [0.2, 0.25) is 0 Å². The molecule has 2 rings (SSSR count). The molecule has 4 nitrogen and oxygen atoms in total. The fraction of sp³-hybridized carbons (Fsp3) is 0.278. The van der Waals surface area contributed by atoms with E-state index in [1.54, 1.807) is 30.3 Å². The number of phenolic OH excluding ortho intramolecular Hbond substituents is 1. The van der Waals surface area contributed by atoms with Crippen molar-refractivity contribution in [1.29, 1.82) is 0 Å². The van der Waals surface area contributed by atoms with E-state index in [2.05, 4.69) is 5.32 Å². The molecule has 0 saturated carbocycles. The van der Waals surface area contributed by atoms with Crippen LogP contribution in [0.3, 0.4) is 0 Å². The molecule has 2 aromatic carbocycles. The average Bonchev–Trinajstić information content (AvgIpc) is 2.53. The summed E-state index contributed by atoms with van der Waals surface area (Å²) < 4.78 is 5.20. The summed E-state index contributed by atoms with van der Waals surface area (Å²) in [6, 6.07) is 11.9. The molecule has 2 aromatic rings. The van der Waals surface area contributed by atoms with E-state index in [4.69, 9.17) is 16.3 Å². The number of hydrogen-bond acceptors (Lipinski definition) is 3. The van der Waals surface area contributed by atoms with Crippen LogP contribution >= 0.6 is 11.6 Å². The smallest absolute Gasteiger partial charge is 0.255 e. The van der Waals surface area contributed by atoms with Crippen molar-refractivity contribution >= 4 is 17.5 Å². The van der Waals surface area contributed by atoms with Crippen molar-refractivity contribution in [2.45, 2.75) is 19.3 Å². The summed E-state index contributed by atoms with van der Waals surface area (Å²) in [6.45, 7) is 4.48. The summed E-state index contributed by atoms with van der Waals surface area (Å²) >= 11 is 5.96. The van der Waals surface area contributed by atoms with E-state index >= 15 is 0 Å². The highest BCUT2D eigenvalue weighted by Crippen LogP contribution is 2.26. The highest BCUT2D eigenvalue weighted by molar-refractivity contribution is 6.31. The predicted octanol–water partition coefficient (Wildman–Crippen LogP) is 3.76. The fourth-order valence-corrected chi connectivity index (χ4v) is 2.44. The summed E-state index contributed by atoms with van der Waals surface area (Å²) in [6.07, 6.45) is 0. The number of hydrogen-bond donors (Lipinski definition) is 2. The molecule has 2 N–H and O–H groups in total. The van der Waals surface area contributed by atoms with Gasteiger partial charge in [-0.05, 0) is 35.9 Å². The molecule has 0 saturated heterocycles. The normalized spacial score (nSPS) is 11.1. The van der Waals surface area contributed by atoms with Gasteiger partial charge in [0, 0.05) is 17.0 Å². The van der Waals surface area contributed by atoms with Gasteiger partial charge < -0.3 is 15.2 Å². The first-order chi connectivity index (χ1) is 10.8. The van der Waals surface area contributed by atoms with Gasteiger partial charge in [-0.25, -0.2) is 0 Å². The molecule has 1 amide bonds. The van der Waals surface area contributed by atoms with Gasteiger partial charge in [0.15, 0.2) is 0 Å². The Morgan fingerprint density at radius 2 is 1.87 bits per heavy atom. The van der Waals surface area contributed by atoms with Crippen molar-refractivity contribution in [3.63, 3.8) is 0 Å². The Morgan fingerprint density at radius 3 is 2.48 bits per heavy atom. The van der Waals surface area contributed by atoms with Gasteiger partial charge in [-0.2, -0.15) is 0 Å². The van der Waals surface area contributed by atoms with Gasteiger partial charge in [-0.1, -0.05) is 37.6 Å². The van der Waals surface area contributed by atoms with Crippen LogP contribution in [-0.4, -0.2) is 24.7 Å². The molecule has 0 heterocycles. The van der Waals surface area contributed by atoms with E-state index in [1.165, 1.54) is 7.11 Å². The topological polar surface area (TPSA) is 58.6 Å². The lowest BCUT2D eigenvalue weighted by Crippen LogP contribution is -2.36. The van der Waals surface area contributed by atoms with Crippen LogP contribution in [0.2, 0.25) is 5.02 Å². The number of carbonyl (C=O) groups is 1. The zero-order valence-corrected chi connectivity index (χ0v) is 14.1. The summed E-state index contributed by atoms with van der Waals surface area (Å²) in [5.74, 6) is 0.461. The Bertz CT molecular complexity index is 696. The first kappa shape index (κ1) is 17.2. The Hall–Kier alpha value is -2.20. The Balaban J connectivity index is 2.12. The van der Waals surface area contributed by atoms with E-state index in [1.807, 2.05) is 26.0 Å². The van der Waals surface area contributed by atoms with Gasteiger partial charge in [-0.3, -0.25) is 4.79 Å². The second-order valence-corrected chi connectivity index (χ2v) is 6.39. The van der Waals surface area contributed by atoms with Gasteiger partial charge in [0.1, 0.15) is 11.5 Å². The lowest BCUT2D eigenvalue weighted by atomic mass is 9.84. The molecule has 0 spiro atoms. The van der Waals surface area contributed by atoms with Crippen molar-refractivity contribution in [2.75, 3.05) is 13.7 Å². The highest BCUT2D eigenvalue weighted by Gasteiger charge is 2.22. The van der Waals surface area contributed by atoms with E-state index in [-0.39, 0.29) is 17.1 Å². The summed E-state index contributed by atoms with van der Waals surface area (Å²) in [5, 5.41) is 12.8. The molecule has 0 aliphatic rings. The van der Waals surface area contributed by atoms with E-state index in [0.717, 1.165) is 5.56 Å². The van der Waals surface area contributed by atoms with Crippen LogP contribution in [0.4, 0.5) is 0 Å². The second kappa shape index (κ2) is 6.92. The number of aromatic hydroxyl groups is 1. The maximum Gasteiger partial charge on any atom is 0.255 e. The molecular formula is C18H20ClNO3. The first-order valence-electron chi connectivity index (χ1n) is 7.25. The predicted molar refractivity (Wildman–Crippen MR) is 91.5 cm³/mol. The Kier molecular flexibility index (Phi) is 5.16. The lowest BCUT2D eigenvalue weighted by Gasteiger charge is -2.26. The second-order valence-electron chi connectivity index (χ2n) is 5.96. The number of carbonyl (C=O) groups excluding carboxylic acids is 1. The summed E-state index contributed by atoms with van der Waals surface area (Å²) in [7, 11) is 1.51. The maximum atomic E-state index is 12.4. The third kappa shape index (κ3) is 4.17. The first-order valence-corrected chi connectivity index (χ1v) is 7.62. The molecular weight excluding hydrogens is 314 g/mol. The molecule has 0 bridgehead atoms. The van der Waals surface area contributed by atoms with Gasteiger partial charge in [0.25, 0.3) is 5.91 Å². The van der Waals surface area contributed by atoms with E-state index < -0.39 is 0 Å². The van der Waals surface area contributed by atoms with Crippen LogP contribution in [-0.2, 0) is 5.41 Å². The molecule has 5 heteroatoms. The number of methoxy groups -OCH3 is 1. The minimum atomic E-state index is -0.283. The molecule has 0 radical (unpaired) electrons. The molecule has 0 unspecified atom stereocenters. The zero-order chi connectivity index (χ0) is 17.0. The number of nitrogens with one attached hydrogen (secondary N) is 1. The molecule has 0 aliphatic carbocycles. The van der Waals surface area contributed by atoms with E-state index in [0.29, 0.717) is 22.9 Å². The third-order valence-corrected chi connectivity index (χ3v) is 3.98. The molecule has 122 valence electrons. The van der Waals surface area contributed by atoms with Crippen LogP contribution in [0.5, 0.6) is 11.5 Å². The Morgan fingerprint density at radius 1 is 1.22 bits per heavy atom. The minimum Gasteiger partial charge on any atom is -0.508 e. The number of phenols is 1. The van der Waals surface area contributed by atoms with Crippen molar-refractivity contribution in [1.82, 2.24) is 5.32 Å². The number of halogens is 1. The monoisotopic (exact) mass is 333 g/mol. The zero-order valence-electron chi connectivity index (χ0n) is 13.4. The third-order valence-electron chi connectivity index (χ3n) is 3.75. The standard InChI is InChI=1S/C18H20ClNO3/c1-18(2,12-4-7-14(21)8-5-12)11-20-17(22)15-10-13(19)6-9-16(15)23-3/h4-10,21H,11H2,1-3H3,(H,20,22). The van der Waals surface area contributed by atoms with Crippen molar-refractivity contribution < 1.29 is 14.6 Å². The largest absolute Gasteiger partial charge is 0.508 e. The number of ether oxygens (including phenoxy) is 1. The quantitative estimate of drug-likeness (QED) is 0.875. The Labute approximate surface area is 141 Å². The van der Waals surface area contributed by atoms with Crippen LogP contribution in [0, 0.1) is 0 Å². The molecule has 0 fully saturated rings. The van der Waals surface area contributed by atoms with Gasteiger partial charge in [0.05, 0.1) is 12.7 Å². The minimum absolute atomic E-state index is 0.220. The van der Waals surface area contributed by atoms with Crippen LogP contribution in [0.25, 0.3) is 0 Å². The van der Waals surface area contributed by atoms with Crippen molar-refractivity contribution in [2.24, 2.45) is 0 Å². The van der Waals surface area contributed by atoms with E-state index in [9.17, 15) is 9.90 Å². The molecule has 0 atom stereocenters. The lowest BCUT2D eigenvalue weighted by molar-refractivity contribution is 0.0942. The number of benzene rings is 2. The fourth-order valence-electron chi connectivity index (χ4n) is 2.27. The van der Waals surface area contributed by atoms with Gasteiger partial charge in [-0.15, -0.1) is 0 Å². The summed E-state index contributed by atoms with van der Waals surface area (Å²) in [5.41, 5.74) is 1.14. The average molecular weight is 334 g/mol. The molecule has 0 aliphatic heterocycles. The SMILES string of the molecule is COc1ccc(Cl)cc1C(=O)NCC(C)(C)c1ccc(O)cc1. The van der Waals surface area contributed by atoms with Crippen molar-refractivity contribution in [3.05, 3.63) is 58.6 Å². The summed E-state index contributed by atoms with van der Waals surface area (Å²) in [4.78, 5) is 12.4.